The van der Waals surface area contributed by atoms with E-state index in [1.165, 1.54) is 24.3 Å². The lowest BCUT2D eigenvalue weighted by Crippen LogP contribution is -2.13. The predicted octanol–water partition coefficient (Wildman–Crippen LogP) is 6.01. The van der Waals surface area contributed by atoms with E-state index in [9.17, 15) is 19.7 Å². The molecule has 6 nitrogen and oxygen atoms in total. The van der Waals surface area contributed by atoms with E-state index < -0.39 is 10.9 Å². The molecule has 0 spiro atoms. The lowest BCUT2D eigenvalue weighted by Gasteiger charge is -2.18. The number of non-ortho nitro benzene ring substituents is 1. The van der Waals surface area contributed by atoms with Crippen molar-refractivity contribution in [1.82, 2.24) is 0 Å². The Hall–Kier alpha value is -4.06. The molecule has 0 unspecified atom stereocenters. The van der Waals surface area contributed by atoms with E-state index in [0.29, 0.717) is 22.4 Å². The van der Waals surface area contributed by atoms with Gasteiger partial charge in [-0.1, -0.05) is 51.1 Å². The maximum Gasteiger partial charge on any atom is 0.343 e. The molecule has 0 radical (unpaired) electrons. The van der Waals surface area contributed by atoms with Gasteiger partial charge in [-0.2, -0.15) is 0 Å². The SMILES string of the molecule is CC(C)(C)c1ccc(C(=O)Oc2ccc(C(=O)/C=C/c3cccc([N+](=O)[O-])c3)cc2)cc1. The second kappa shape index (κ2) is 9.39. The highest BCUT2D eigenvalue weighted by Gasteiger charge is 2.15. The van der Waals surface area contributed by atoms with Crippen molar-refractivity contribution < 1.29 is 19.2 Å². The molecule has 3 aromatic carbocycles. The predicted molar refractivity (Wildman–Crippen MR) is 123 cm³/mol. The first-order valence-electron chi connectivity index (χ1n) is 10.0. The van der Waals surface area contributed by atoms with Crippen LogP contribution >= 0.6 is 0 Å². The first-order chi connectivity index (χ1) is 15.1. The highest BCUT2D eigenvalue weighted by atomic mass is 16.6. The number of benzene rings is 3. The van der Waals surface area contributed by atoms with Crippen molar-refractivity contribution in [3.05, 3.63) is 111 Å². The number of ketones is 1. The summed E-state index contributed by atoms with van der Waals surface area (Å²) in [5.74, 6) is -0.420. The lowest BCUT2D eigenvalue weighted by atomic mass is 9.87. The summed E-state index contributed by atoms with van der Waals surface area (Å²) in [6.07, 6.45) is 2.86. The van der Waals surface area contributed by atoms with Gasteiger partial charge in [-0.05, 0) is 59.0 Å². The van der Waals surface area contributed by atoms with E-state index in [4.69, 9.17) is 4.74 Å². The van der Waals surface area contributed by atoms with E-state index >= 15 is 0 Å². The maximum atomic E-state index is 12.4. The van der Waals surface area contributed by atoms with Gasteiger partial charge in [-0.15, -0.1) is 0 Å². The summed E-state index contributed by atoms with van der Waals surface area (Å²) in [6.45, 7) is 6.30. The smallest absolute Gasteiger partial charge is 0.343 e. The molecule has 3 rings (SSSR count). The molecule has 0 aliphatic rings. The summed E-state index contributed by atoms with van der Waals surface area (Å²) in [4.78, 5) is 35.1. The van der Waals surface area contributed by atoms with E-state index in [1.807, 2.05) is 12.1 Å². The van der Waals surface area contributed by atoms with Gasteiger partial charge in [-0.3, -0.25) is 14.9 Å². The van der Waals surface area contributed by atoms with Gasteiger partial charge in [0.25, 0.3) is 5.69 Å². The van der Waals surface area contributed by atoms with Crippen LogP contribution in [0.3, 0.4) is 0 Å². The second-order valence-electron chi connectivity index (χ2n) is 8.29. The third kappa shape index (κ3) is 5.76. The Morgan fingerprint density at radius 3 is 2.12 bits per heavy atom. The van der Waals surface area contributed by atoms with Crippen molar-refractivity contribution in [2.45, 2.75) is 26.2 Å². The molecular formula is C26H23NO5. The van der Waals surface area contributed by atoms with Crippen molar-refractivity contribution in [3.8, 4) is 5.75 Å². The summed E-state index contributed by atoms with van der Waals surface area (Å²) < 4.78 is 5.39. The molecular weight excluding hydrogens is 406 g/mol. The monoisotopic (exact) mass is 429 g/mol. The lowest BCUT2D eigenvalue weighted by molar-refractivity contribution is -0.384. The van der Waals surface area contributed by atoms with Gasteiger partial charge in [0.15, 0.2) is 5.78 Å². The fraction of sp³-hybridized carbons (Fsp3) is 0.154. The van der Waals surface area contributed by atoms with E-state index in [-0.39, 0.29) is 16.9 Å². The molecule has 0 N–H and O–H groups in total. The van der Waals surface area contributed by atoms with Gasteiger partial charge >= 0.3 is 5.97 Å². The van der Waals surface area contributed by atoms with Crippen LogP contribution in [0.15, 0.2) is 78.9 Å². The molecule has 0 aliphatic heterocycles. The molecule has 0 aromatic heterocycles. The molecule has 0 fully saturated rings. The Bertz CT molecular complexity index is 1170. The average molecular weight is 429 g/mol. The van der Waals surface area contributed by atoms with E-state index in [1.54, 1.807) is 48.5 Å². The van der Waals surface area contributed by atoms with Crippen LogP contribution in [0.1, 0.15) is 52.6 Å². The quantitative estimate of drug-likeness (QED) is 0.120. The Morgan fingerprint density at radius 2 is 1.53 bits per heavy atom. The summed E-state index contributed by atoms with van der Waals surface area (Å²) in [5, 5.41) is 10.8. The molecule has 0 saturated heterocycles. The zero-order chi connectivity index (χ0) is 23.3. The topological polar surface area (TPSA) is 86.5 Å². The Kier molecular flexibility index (Phi) is 6.64. The highest BCUT2D eigenvalue weighted by molar-refractivity contribution is 6.06. The Morgan fingerprint density at radius 1 is 0.906 bits per heavy atom. The van der Waals surface area contributed by atoms with Crippen LogP contribution in [0.25, 0.3) is 6.08 Å². The van der Waals surface area contributed by atoms with E-state index in [2.05, 4.69) is 20.8 Å². The number of nitrogens with zero attached hydrogens (tertiary/aromatic N) is 1. The third-order valence-electron chi connectivity index (χ3n) is 4.84. The van der Waals surface area contributed by atoms with Crippen LogP contribution < -0.4 is 4.74 Å². The van der Waals surface area contributed by atoms with Crippen molar-refractivity contribution in [2.75, 3.05) is 0 Å². The zero-order valence-corrected chi connectivity index (χ0v) is 18.1. The average Bonchev–Trinajstić information content (AvgIpc) is 2.77. The minimum atomic E-state index is -0.488. The standard InChI is InChI=1S/C26H23NO5/c1-26(2,3)21-12-8-20(9-13-21)25(29)32-23-14-10-19(11-15-23)24(28)16-7-18-5-4-6-22(17-18)27(30)31/h4-17H,1-3H3/b16-7+. The molecule has 0 bridgehead atoms. The van der Waals surface area contributed by atoms with E-state index in [0.717, 1.165) is 5.56 Å². The second-order valence-corrected chi connectivity index (χ2v) is 8.29. The molecule has 0 amide bonds. The largest absolute Gasteiger partial charge is 0.423 e. The van der Waals surface area contributed by atoms with Crippen molar-refractivity contribution in [3.63, 3.8) is 0 Å². The maximum absolute atomic E-state index is 12.4. The van der Waals surface area contributed by atoms with Crippen molar-refractivity contribution >= 4 is 23.5 Å². The number of rotatable bonds is 6. The number of hydrogen-bond acceptors (Lipinski definition) is 5. The highest BCUT2D eigenvalue weighted by Crippen LogP contribution is 2.23. The van der Waals surface area contributed by atoms with Crippen molar-refractivity contribution in [2.24, 2.45) is 0 Å². The molecule has 162 valence electrons. The minimum Gasteiger partial charge on any atom is -0.423 e. The molecule has 3 aromatic rings. The first-order valence-corrected chi connectivity index (χ1v) is 10.0. The zero-order valence-electron chi connectivity index (χ0n) is 18.1. The third-order valence-corrected chi connectivity index (χ3v) is 4.84. The van der Waals surface area contributed by atoms with Crippen LogP contribution in [0.4, 0.5) is 5.69 Å². The number of esters is 1. The molecule has 0 atom stereocenters. The van der Waals surface area contributed by atoms with Crippen LogP contribution in [-0.4, -0.2) is 16.7 Å². The Labute approximate surface area is 186 Å². The fourth-order valence-corrected chi connectivity index (χ4v) is 2.97. The van der Waals surface area contributed by atoms with Gasteiger partial charge in [0, 0.05) is 17.7 Å². The fourth-order valence-electron chi connectivity index (χ4n) is 2.97. The van der Waals surface area contributed by atoms with Crippen LogP contribution in [0.5, 0.6) is 5.75 Å². The van der Waals surface area contributed by atoms with Gasteiger partial charge in [0.1, 0.15) is 5.75 Å². The van der Waals surface area contributed by atoms with Gasteiger partial charge in [0.05, 0.1) is 10.5 Å². The summed E-state index contributed by atoms with van der Waals surface area (Å²) in [7, 11) is 0. The van der Waals surface area contributed by atoms with Crippen LogP contribution in [-0.2, 0) is 5.41 Å². The summed E-state index contributed by atoms with van der Waals surface area (Å²) in [6, 6.07) is 19.5. The normalized spacial score (nSPS) is 11.3. The van der Waals surface area contributed by atoms with Crippen LogP contribution in [0, 0.1) is 10.1 Å². The molecule has 32 heavy (non-hydrogen) atoms. The van der Waals surface area contributed by atoms with Crippen LogP contribution in [0.2, 0.25) is 0 Å². The Balaban J connectivity index is 1.64. The summed E-state index contributed by atoms with van der Waals surface area (Å²) in [5.41, 5.74) is 2.47. The number of hydrogen-bond donors (Lipinski definition) is 0. The number of nitro groups is 1. The number of carbonyl (C=O) groups excluding carboxylic acids is 2. The molecule has 0 heterocycles. The number of carbonyl (C=O) groups is 2. The first kappa shape index (κ1) is 22.6. The van der Waals surface area contributed by atoms with Gasteiger partial charge < -0.3 is 4.74 Å². The minimum absolute atomic E-state index is 0.00548. The van der Waals surface area contributed by atoms with Crippen molar-refractivity contribution in [1.29, 1.82) is 0 Å². The molecule has 0 saturated carbocycles. The number of nitro benzene ring substituents is 1. The summed E-state index contributed by atoms with van der Waals surface area (Å²) >= 11 is 0. The molecule has 6 heteroatoms. The number of allylic oxidation sites excluding steroid dienone is 1. The number of ether oxygens (including phenoxy) is 1. The van der Waals surface area contributed by atoms with Gasteiger partial charge in [-0.25, -0.2) is 4.79 Å². The van der Waals surface area contributed by atoms with Gasteiger partial charge in [0.2, 0.25) is 0 Å². The molecule has 0 aliphatic carbocycles.